The number of rotatable bonds is 10. The van der Waals surface area contributed by atoms with Gasteiger partial charge in [0.05, 0.1) is 14.2 Å². The van der Waals surface area contributed by atoms with Crippen LogP contribution in [0.5, 0.6) is 17.2 Å². The number of piperidine rings is 1. The van der Waals surface area contributed by atoms with E-state index in [4.69, 9.17) is 9.47 Å². The second-order valence-electron chi connectivity index (χ2n) is 11.8. The third kappa shape index (κ3) is 6.58. The van der Waals surface area contributed by atoms with Crippen LogP contribution >= 0.6 is 0 Å². The van der Waals surface area contributed by atoms with Crippen molar-refractivity contribution in [3.8, 4) is 17.2 Å². The monoisotopic (exact) mass is 542 g/mol. The number of benzene rings is 3. The van der Waals surface area contributed by atoms with E-state index in [0.717, 1.165) is 62.7 Å². The van der Waals surface area contributed by atoms with Gasteiger partial charge in [-0.3, -0.25) is 0 Å². The van der Waals surface area contributed by atoms with Crippen molar-refractivity contribution in [1.29, 1.82) is 0 Å². The summed E-state index contributed by atoms with van der Waals surface area (Å²) in [6.07, 6.45) is 6.75. The Morgan fingerprint density at radius 3 is 2.27 bits per heavy atom. The summed E-state index contributed by atoms with van der Waals surface area (Å²) >= 11 is 0. The van der Waals surface area contributed by atoms with Crippen LogP contribution in [0.25, 0.3) is 0 Å². The Labute approximate surface area is 240 Å². The number of nitrogens with zero attached hydrogens (tertiary/aromatic N) is 2. The van der Waals surface area contributed by atoms with Crippen molar-refractivity contribution >= 4 is 5.69 Å². The van der Waals surface area contributed by atoms with Crippen LogP contribution in [0.15, 0.2) is 54.6 Å². The van der Waals surface area contributed by atoms with E-state index in [-0.39, 0.29) is 0 Å². The largest absolute Gasteiger partial charge is 0.508 e. The molecule has 0 spiro atoms. The number of anilines is 1. The first-order chi connectivity index (χ1) is 19.5. The Balaban J connectivity index is 1.34. The summed E-state index contributed by atoms with van der Waals surface area (Å²) in [4.78, 5) is 5.09. The minimum atomic E-state index is 0.355. The van der Waals surface area contributed by atoms with Crippen molar-refractivity contribution in [2.75, 3.05) is 45.3 Å². The minimum absolute atomic E-state index is 0.355. The number of phenols is 1. The highest BCUT2D eigenvalue weighted by atomic mass is 16.5. The van der Waals surface area contributed by atoms with Gasteiger partial charge in [-0.25, -0.2) is 0 Å². The lowest BCUT2D eigenvalue weighted by Crippen LogP contribution is -2.34. The van der Waals surface area contributed by atoms with Gasteiger partial charge in [0.2, 0.25) is 0 Å². The zero-order valence-electron chi connectivity index (χ0n) is 24.8. The van der Waals surface area contributed by atoms with Crippen molar-refractivity contribution in [1.82, 2.24) is 4.90 Å². The number of methoxy groups -OCH3 is 2. The topological polar surface area (TPSA) is 45.2 Å². The number of fused-ring (bicyclic) bond motifs is 1. The zero-order valence-corrected chi connectivity index (χ0v) is 24.8. The maximum atomic E-state index is 9.96. The molecule has 1 aliphatic carbocycles. The first-order valence-electron chi connectivity index (χ1n) is 15.1. The van der Waals surface area contributed by atoms with E-state index in [0.29, 0.717) is 11.7 Å². The highest BCUT2D eigenvalue weighted by Gasteiger charge is 2.26. The summed E-state index contributed by atoms with van der Waals surface area (Å²) in [5.41, 5.74) is 7.86. The summed E-state index contributed by atoms with van der Waals surface area (Å²) in [5.74, 6) is 3.16. The summed E-state index contributed by atoms with van der Waals surface area (Å²) in [5, 5.41) is 9.96. The number of hydrogen-bond donors (Lipinski definition) is 1. The normalized spacial score (nSPS) is 17.9. The summed E-state index contributed by atoms with van der Waals surface area (Å²) in [6, 6.07) is 19.4. The SMILES string of the molecule is CCN(Cc1ccc(CCN2CCC(C)CC2)cc1)c1cc(OC)c(OC)cc1[C@@H]1CCc2cc(O)ccc2C1. The third-order valence-corrected chi connectivity index (χ3v) is 9.10. The number of aromatic hydroxyl groups is 1. The molecule has 1 atom stereocenters. The lowest BCUT2D eigenvalue weighted by molar-refractivity contribution is 0.194. The molecule has 0 unspecified atom stereocenters. The summed E-state index contributed by atoms with van der Waals surface area (Å²) in [6.45, 7) is 10.00. The van der Waals surface area contributed by atoms with E-state index in [9.17, 15) is 5.11 Å². The van der Waals surface area contributed by atoms with Gasteiger partial charge in [-0.15, -0.1) is 0 Å². The van der Waals surface area contributed by atoms with Crippen LogP contribution in [0.1, 0.15) is 66.8 Å². The molecule has 0 bridgehead atoms. The fraction of sp³-hybridized carbons (Fsp3) is 0.486. The molecular weight excluding hydrogens is 496 g/mol. The molecule has 0 aromatic heterocycles. The molecule has 5 rings (SSSR count). The van der Waals surface area contributed by atoms with E-state index >= 15 is 0 Å². The molecule has 1 saturated heterocycles. The van der Waals surface area contributed by atoms with E-state index in [1.54, 1.807) is 14.2 Å². The maximum absolute atomic E-state index is 9.96. The van der Waals surface area contributed by atoms with Gasteiger partial charge in [0.25, 0.3) is 0 Å². The predicted octanol–water partition coefficient (Wildman–Crippen LogP) is 6.98. The molecule has 40 heavy (non-hydrogen) atoms. The predicted molar refractivity (Wildman–Crippen MR) is 164 cm³/mol. The van der Waals surface area contributed by atoms with Gasteiger partial charge in [-0.1, -0.05) is 37.3 Å². The fourth-order valence-corrected chi connectivity index (χ4v) is 6.46. The van der Waals surface area contributed by atoms with Crippen LogP contribution in [-0.4, -0.2) is 50.4 Å². The molecule has 0 radical (unpaired) electrons. The first-order valence-corrected chi connectivity index (χ1v) is 15.1. The Morgan fingerprint density at radius 2 is 1.57 bits per heavy atom. The average molecular weight is 543 g/mol. The average Bonchev–Trinajstić information content (AvgIpc) is 2.99. The fourth-order valence-electron chi connectivity index (χ4n) is 6.46. The lowest BCUT2D eigenvalue weighted by atomic mass is 9.79. The van der Waals surface area contributed by atoms with E-state index < -0.39 is 0 Å². The highest BCUT2D eigenvalue weighted by molar-refractivity contribution is 5.64. The Morgan fingerprint density at radius 1 is 0.875 bits per heavy atom. The molecule has 5 nitrogen and oxygen atoms in total. The number of phenolic OH excluding ortho intramolecular Hbond substituents is 1. The molecule has 1 aliphatic heterocycles. The highest BCUT2D eigenvalue weighted by Crippen LogP contribution is 2.43. The number of likely N-dealkylation sites (tertiary alicyclic amines) is 1. The van der Waals surface area contributed by atoms with Gasteiger partial charge >= 0.3 is 0 Å². The van der Waals surface area contributed by atoms with Crippen molar-refractivity contribution < 1.29 is 14.6 Å². The molecular formula is C35H46N2O3. The van der Waals surface area contributed by atoms with Crippen LogP contribution in [0, 0.1) is 5.92 Å². The molecule has 1 heterocycles. The van der Waals surface area contributed by atoms with Crippen LogP contribution in [-0.2, 0) is 25.8 Å². The molecule has 3 aromatic rings. The molecule has 2 aliphatic rings. The summed E-state index contributed by atoms with van der Waals surface area (Å²) < 4.78 is 11.5. The van der Waals surface area contributed by atoms with Crippen molar-refractivity contribution in [2.24, 2.45) is 5.92 Å². The van der Waals surface area contributed by atoms with E-state index in [1.807, 2.05) is 12.1 Å². The van der Waals surface area contributed by atoms with Crippen molar-refractivity contribution in [2.45, 2.75) is 64.8 Å². The van der Waals surface area contributed by atoms with Gasteiger partial charge in [0.1, 0.15) is 5.75 Å². The molecule has 1 N–H and O–H groups in total. The Hall–Kier alpha value is -3.18. The van der Waals surface area contributed by atoms with Crippen LogP contribution in [0.3, 0.4) is 0 Å². The second-order valence-corrected chi connectivity index (χ2v) is 11.8. The van der Waals surface area contributed by atoms with E-state index in [2.05, 4.69) is 66.1 Å². The van der Waals surface area contributed by atoms with Crippen LogP contribution in [0.2, 0.25) is 0 Å². The maximum Gasteiger partial charge on any atom is 0.162 e. The number of hydrogen-bond acceptors (Lipinski definition) is 5. The Bertz CT molecular complexity index is 1260. The number of ether oxygens (including phenoxy) is 2. The molecule has 214 valence electrons. The minimum Gasteiger partial charge on any atom is -0.508 e. The molecule has 0 amide bonds. The third-order valence-electron chi connectivity index (χ3n) is 9.10. The summed E-state index contributed by atoms with van der Waals surface area (Å²) in [7, 11) is 3.43. The van der Waals surface area contributed by atoms with Gasteiger partial charge < -0.3 is 24.4 Å². The lowest BCUT2D eigenvalue weighted by Gasteiger charge is -2.32. The smallest absolute Gasteiger partial charge is 0.162 e. The van der Waals surface area contributed by atoms with E-state index in [1.165, 1.54) is 59.4 Å². The van der Waals surface area contributed by atoms with Crippen LogP contribution < -0.4 is 14.4 Å². The molecule has 3 aromatic carbocycles. The first kappa shape index (κ1) is 28.4. The van der Waals surface area contributed by atoms with Gasteiger partial charge in [-0.2, -0.15) is 0 Å². The molecule has 0 saturated carbocycles. The molecule has 1 fully saturated rings. The van der Waals surface area contributed by atoms with Crippen molar-refractivity contribution in [3.05, 3.63) is 82.4 Å². The quantitative estimate of drug-likeness (QED) is 0.299. The van der Waals surface area contributed by atoms with Gasteiger partial charge in [0, 0.05) is 31.4 Å². The second kappa shape index (κ2) is 13.0. The number of aryl methyl sites for hydroxylation is 1. The van der Waals surface area contributed by atoms with Crippen LogP contribution in [0.4, 0.5) is 5.69 Å². The van der Waals surface area contributed by atoms with Gasteiger partial charge in [-0.05, 0) is 116 Å². The molecule has 5 heteroatoms. The Kier molecular flexibility index (Phi) is 9.21. The van der Waals surface area contributed by atoms with Crippen molar-refractivity contribution in [3.63, 3.8) is 0 Å². The standard InChI is InChI=1S/C35H46N2O3/c1-5-37(24-27-8-6-26(7-9-27)16-19-36-17-14-25(2)15-18-36)33-23-35(40-4)34(39-3)22-32(33)30-11-10-29-21-31(38)13-12-28(29)20-30/h6-9,12-13,21-23,25,30,38H,5,10-11,14-20,24H2,1-4H3/t30-/m1/s1. The van der Waals surface area contributed by atoms with Gasteiger partial charge in [0.15, 0.2) is 11.5 Å². The zero-order chi connectivity index (χ0) is 28.1.